The van der Waals surface area contributed by atoms with Crippen molar-refractivity contribution in [2.45, 2.75) is 70.1 Å². The van der Waals surface area contributed by atoms with E-state index in [9.17, 15) is 44.1 Å². The fourth-order valence-corrected chi connectivity index (χ4v) is 3.39. The highest BCUT2D eigenvalue weighted by Crippen LogP contribution is 2.13. The molecule has 0 aliphatic carbocycles. The van der Waals surface area contributed by atoms with Gasteiger partial charge in [-0.15, -0.1) is 0 Å². The van der Waals surface area contributed by atoms with E-state index < -0.39 is 72.6 Å². The van der Waals surface area contributed by atoms with Crippen LogP contribution in [0.25, 0.3) is 0 Å². The highest BCUT2D eigenvalue weighted by Gasteiger charge is 2.32. The summed E-state index contributed by atoms with van der Waals surface area (Å²) in [6, 6.07) is -0.00667. The fourth-order valence-electron chi connectivity index (χ4n) is 3.39. The number of phenolic OH excluding ortho intramolecular Hbond substituents is 1. The molecule has 0 saturated heterocycles. The molecular formula is C24H34N4O10. The molecule has 0 bridgehead atoms. The van der Waals surface area contributed by atoms with E-state index in [1.54, 1.807) is 13.8 Å². The second-order valence-electron chi connectivity index (χ2n) is 9.16. The van der Waals surface area contributed by atoms with Gasteiger partial charge in [-0.3, -0.25) is 24.0 Å². The molecule has 1 aromatic carbocycles. The van der Waals surface area contributed by atoms with E-state index in [0.29, 0.717) is 5.56 Å². The van der Waals surface area contributed by atoms with Crippen molar-refractivity contribution in [3.8, 4) is 5.75 Å². The van der Waals surface area contributed by atoms with Gasteiger partial charge in [-0.25, -0.2) is 4.79 Å². The molecule has 14 nitrogen and oxygen atoms in total. The third-order valence-corrected chi connectivity index (χ3v) is 5.35. The first-order valence-corrected chi connectivity index (χ1v) is 11.8. The van der Waals surface area contributed by atoms with Crippen LogP contribution in [0.2, 0.25) is 0 Å². The first-order valence-electron chi connectivity index (χ1n) is 11.8. The Kier molecular flexibility index (Phi) is 12.7. The molecule has 0 saturated carbocycles. The summed E-state index contributed by atoms with van der Waals surface area (Å²) < 4.78 is 0. The number of rotatable bonds is 16. The number of aromatic hydroxyl groups is 1. The van der Waals surface area contributed by atoms with E-state index in [-0.39, 0.29) is 30.9 Å². The van der Waals surface area contributed by atoms with Gasteiger partial charge in [-0.2, -0.15) is 0 Å². The van der Waals surface area contributed by atoms with E-state index in [1.165, 1.54) is 24.3 Å². The number of hydrogen-bond acceptors (Lipinski definition) is 8. The van der Waals surface area contributed by atoms with E-state index in [4.69, 9.17) is 10.8 Å². The molecule has 0 radical (unpaired) electrons. The predicted molar refractivity (Wildman–Crippen MR) is 132 cm³/mol. The number of phenols is 1. The monoisotopic (exact) mass is 538 g/mol. The lowest BCUT2D eigenvalue weighted by Gasteiger charge is -2.25. The Balaban J connectivity index is 3.15. The fraction of sp³-hybridized carbons (Fsp3) is 0.500. The average molecular weight is 539 g/mol. The highest BCUT2D eigenvalue weighted by molar-refractivity contribution is 5.95. The number of carbonyl (C=O) groups is 6. The van der Waals surface area contributed by atoms with Crippen molar-refractivity contribution in [3.63, 3.8) is 0 Å². The second-order valence-corrected chi connectivity index (χ2v) is 9.16. The molecule has 0 aromatic heterocycles. The number of carboxylic acid groups (broad SMARTS) is 3. The van der Waals surface area contributed by atoms with Crippen molar-refractivity contribution in [1.82, 2.24) is 16.0 Å². The summed E-state index contributed by atoms with van der Waals surface area (Å²) in [6.07, 6.45) is -1.62. The molecular weight excluding hydrogens is 504 g/mol. The summed E-state index contributed by atoms with van der Waals surface area (Å²) in [4.78, 5) is 72.1. The van der Waals surface area contributed by atoms with Crippen LogP contribution >= 0.6 is 0 Å². The molecule has 0 spiro atoms. The van der Waals surface area contributed by atoms with Gasteiger partial charge in [0.1, 0.15) is 23.9 Å². The van der Waals surface area contributed by atoms with Gasteiger partial charge >= 0.3 is 17.9 Å². The molecule has 0 fully saturated rings. The maximum Gasteiger partial charge on any atom is 0.326 e. The number of carboxylic acids is 3. The van der Waals surface area contributed by atoms with Gasteiger partial charge in [0, 0.05) is 12.8 Å². The number of aliphatic carboxylic acids is 3. The minimum atomic E-state index is -1.67. The quantitative estimate of drug-likeness (QED) is 0.129. The lowest BCUT2D eigenvalue weighted by atomic mass is 10.0. The van der Waals surface area contributed by atoms with Crippen LogP contribution in [0.5, 0.6) is 5.75 Å². The second kappa shape index (κ2) is 15.1. The summed E-state index contributed by atoms with van der Waals surface area (Å²) in [5.41, 5.74) is 6.12. The number of nitrogens with two attached hydrogens (primary N) is 1. The minimum Gasteiger partial charge on any atom is -0.508 e. The molecule has 0 aliphatic rings. The Morgan fingerprint density at radius 2 is 1.32 bits per heavy atom. The van der Waals surface area contributed by atoms with Crippen molar-refractivity contribution in [2.75, 3.05) is 0 Å². The highest BCUT2D eigenvalue weighted by atomic mass is 16.4. The maximum atomic E-state index is 13.1. The van der Waals surface area contributed by atoms with Gasteiger partial charge in [0.2, 0.25) is 17.7 Å². The topological polar surface area (TPSA) is 245 Å². The summed E-state index contributed by atoms with van der Waals surface area (Å²) in [5.74, 6) is -6.95. The number of benzene rings is 1. The zero-order valence-corrected chi connectivity index (χ0v) is 21.0. The Hall–Kier alpha value is -4.20. The van der Waals surface area contributed by atoms with Gasteiger partial charge in [0.25, 0.3) is 0 Å². The number of amides is 3. The molecule has 4 unspecified atom stereocenters. The minimum absolute atomic E-state index is 0.0508. The molecule has 38 heavy (non-hydrogen) atoms. The van der Waals surface area contributed by atoms with Crippen LogP contribution in [-0.2, 0) is 35.2 Å². The van der Waals surface area contributed by atoms with Crippen molar-refractivity contribution < 1.29 is 49.2 Å². The van der Waals surface area contributed by atoms with Crippen molar-refractivity contribution in [3.05, 3.63) is 29.8 Å². The Morgan fingerprint density at radius 1 is 0.789 bits per heavy atom. The molecule has 0 heterocycles. The number of nitrogens with one attached hydrogen (secondary N) is 3. The summed E-state index contributed by atoms with van der Waals surface area (Å²) in [5, 5.41) is 43.8. The van der Waals surface area contributed by atoms with Gasteiger partial charge in [0.15, 0.2) is 0 Å². The van der Waals surface area contributed by atoms with Gasteiger partial charge < -0.3 is 42.1 Å². The zero-order valence-electron chi connectivity index (χ0n) is 21.0. The van der Waals surface area contributed by atoms with E-state index >= 15 is 0 Å². The van der Waals surface area contributed by atoms with Crippen LogP contribution in [0.1, 0.15) is 45.1 Å². The predicted octanol–water partition coefficient (Wildman–Crippen LogP) is -0.813. The van der Waals surface area contributed by atoms with Crippen LogP contribution in [-0.4, -0.2) is 80.2 Å². The SMILES string of the molecule is CC(C)CC(NC(=O)C(Cc1ccc(O)cc1)NC(=O)C(CC(=O)O)NC(=O)C(N)CCC(=O)O)C(=O)O. The normalized spacial score (nSPS) is 14.0. The standard InChI is InChI=1S/C24H34N4O10/c1-12(2)9-18(24(37)38)28-22(35)16(10-13-3-5-14(29)6-4-13)27-23(36)17(11-20(32)33)26-21(34)15(25)7-8-19(30)31/h3-6,12,15-18,29H,7-11,25H2,1-2H3,(H,26,34)(H,27,36)(H,28,35)(H,30,31)(H,32,33)(H,37,38). The van der Waals surface area contributed by atoms with Crippen LogP contribution in [0.15, 0.2) is 24.3 Å². The van der Waals surface area contributed by atoms with Crippen LogP contribution in [0.4, 0.5) is 0 Å². The third-order valence-electron chi connectivity index (χ3n) is 5.35. The molecule has 14 heteroatoms. The molecule has 0 aliphatic heterocycles. The lowest BCUT2D eigenvalue weighted by Crippen LogP contribution is -2.58. The maximum absolute atomic E-state index is 13.1. The summed E-state index contributed by atoms with van der Waals surface area (Å²) in [7, 11) is 0. The number of hydrogen-bond donors (Lipinski definition) is 8. The summed E-state index contributed by atoms with van der Waals surface area (Å²) >= 11 is 0. The van der Waals surface area contributed by atoms with E-state index in [2.05, 4.69) is 16.0 Å². The van der Waals surface area contributed by atoms with Crippen LogP contribution < -0.4 is 21.7 Å². The summed E-state index contributed by atoms with van der Waals surface area (Å²) in [6.45, 7) is 3.52. The zero-order chi connectivity index (χ0) is 29.0. The largest absolute Gasteiger partial charge is 0.508 e. The first kappa shape index (κ1) is 31.8. The number of carbonyl (C=O) groups excluding carboxylic acids is 3. The van der Waals surface area contributed by atoms with E-state index in [1.807, 2.05) is 0 Å². The van der Waals surface area contributed by atoms with Crippen molar-refractivity contribution in [2.24, 2.45) is 11.7 Å². The van der Waals surface area contributed by atoms with Gasteiger partial charge in [-0.1, -0.05) is 26.0 Å². The first-order chi connectivity index (χ1) is 17.7. The Morgan fingerprint density at radius 3 is 1.82 bits per heavy atom. The van der Waals surface area contributed by atoms with Gasteiger partial charge in [-0.05, 0) is 36.5 Å². The Labute approximate surface area is 218 Å². The molecule has 1 aromatic rings. The third kappa shape index (κ3) is 11.7. The molecule has 9 N–H and O–H groups in total. The van der Waals surface area contributed by atoms with Crippen molar-refractivity contribution in [1.29, 1.82) is 0 Å². The van der Waals surface area contributed by atoms with E-state index in [0.717, 1.165) is 0 Å². The van der Waals surface area contributed by atoms with Gasteiger partial charge in [0.05, 0.1) is 12.5 Å². The van der Waals surface area contributed by atoms with Crippen LogP contribution in [0.3, 0.4) is 0 Å². The molecule has 4 atom stereocenters. The molecule has 3 amide bonds. The smallest absolute Gasteiger partial charge is 0.326 e. The van der Waals surface area contributed by atoms with Crippen LogP contribution in [0, 0.1) is 5.92 Å². The average Bonchev–Trinajstić information content (AvgIpc) is 2.81. The lowest BCUT2D eigenvalue weighted by molar-refractivity contribution is -0.143. The Bertz CT molecular complexity index is 1010. The van der Waals surface area contributed by atoms with Crippen molar-refractivity contribution >= 4 is 35.6 Å². The molecule has 210 valence electrons. The molecule has 1 rings (SSSR count).